The third-order valence-electron chi connectivity index (χ3n) is 5.19. The van der Waals surface area contributed by atoms with E-state index in [2.05, 4.69) is 4.90 Å². The molecule has 1 aromatic carbocycles. The monoisotopic (exact) mass is 305 g/mol. The summed E-state index contributed by atoms with van der Waals surface area (Å²) in [4.78, 5) is 2.30. The summed E-state index contributed by atoms with van der Waals surface area (Å²) in [6.07, 6.45) is 2.41. The van der Waals surface area contributed by atoms with E-state index in [1.165, 1.54) is 18.9 Å². The normalized spacial score (nSPS) is 24.1. The van der Waals surface area contributed by atoms with Crippen LogP contribution >= 0.6 is 0 Å². The van der Waals surface area contributed by atoms with Crippen molar-refractivity contribution in [1.29, 1.82) is 0 Å². The maximum atomic E-state index is 14.1. The number of rotatable bonds is 3. The van der Waals surface area contributed by atoms with E-state index < -0.39 is 7.12 Å². The highest BCUT2D eigenvalue weighted by molar-refractivity contribution is 6.62. The van der Waals surface area contributed by atoms with Gasteiger partial charge in [0, 0.05) is 12.1 Å². The largest absolute Gasteiger partial charge is 0.494 e. The lowest BCUT2D eigenvalue weighted by Crippen LogP contribution is -2.41. The minimum absolute atomic E-state index is 0.146. The Labute approximate surface area is 132 Å². The van der Waals surface area contributed by atoms with Gasteiger partial charge in [0.1, 0.15) is 5.82 Å². The summed E-state index contributed by atoms with van der Waals surface area (Å²) in [6.45, 7) is 10.9. The molecule has 2 saturated heterocycles. The third-order valence-corrected chi connectivity index (χ3v) is 5.19. The Balaban J connectivity index is 1.80. The highest BCUT2D eigenvalue weighted by Crippen LogP contribution is 2.36. The van der Waals surface area contributed by atoms with Crippen LogP contribution in [0.2, 0.25) is 0 Å². The van der Waals surface area contributed by atoms with Gasteiger partial charge in [-0.3, -0.25) is 4.90 Å². The van der Waals surface area contributed by atoms with Gasteiger partial charge in [0.25, 0.3) is 0 Å². The molecule has 0 radical (unpaired) electrons. The zero-order valence-electron chi connectivity index (χ0n) is 14.0. The second-order valence-corrected chi connectivity index (χ2v) is 7.42. The lowest BCUT2D eigenvalue weighted by atomic mass is 9.78. The zero-order valence-corrected chi connectivity index (χ0v) is 14.0. The molecule has 3 rings (SSSR count). The van der Waals surface area contributed by atoms with E-state index in [4.69, 9.17) is 9.31 Å². The standard InChI is InChI=1S/C17H25BFNO2/c1-16(2)17(3,4)22-18(21-16)14-7-8-15(19)13(11-14)12-20-9-5-6-10-20/h7-8,11H,5-6,9-10,12H2,1-4H3. The molecule has 0 N–H and O–H groups in total. The van der Waals surface area contributed by atoms with Gasteiger partial charge in [-0.1, -0.05) is 12.1 Å². The first-order valence-electron chi connectivity index (χ1n) is 8.15. The fourth-order valence-corrected chi connectivity index (χ4v) is 3.02. The molecule has 0 aromatic heterocycles. The SMILES string of the molecule is CC1(C)OB(c2ccc(F)c(CN3CCCC3)c2)OC1(C)C. The smallest absolute Gasteiger partial charge is 0.399 e. The Hall–Kier alpha value is -0.905. The van der Waals surface area contributed by atoms with Crippen molar-refractivity contribution in [2.24, 2.45) is 0 Å². The first-order chi connectivity index (χ1) is 10.3. The molecule has 1 aromatic rings. The molecule has 0 saturated carbocycles. The molecule has 2 aliphatic rings. The maximum Gasteiger partial charge on any atom is 0.494 e. The fourth-order valence-electron chi connectivity index (χ4n) is 3.02. The summed E-state index contributed by atoms with van der Waals surface area (Å²) in [5.74, 6) is -0.146. The van der Waals surface area contributed by atoms with E-state index >= 15 is 0 Å². The molecule has 0 bridgehead atoms. The van der Waals surface area contributed by atoms with Crippen LogP contribution < -0.4 is 5.46 Å². The number of hydrogen-bond acceptors (Lipinski definition) is 3. The van der Waals surface area contributed by atoms with E-state index in [0.717, 1.165) is 24.1 Å². The van der Waals surface area contributed by atoms with E-state index in [1.54, 1.807) is 6.07 Å². The molecule has 0 atom stereocenters. The fraction of sp³-hybridized carbons (Fsp3) is 0.647. The molecule has 120 valence electrons. The predicted octanol–water partition coefficient (Wildman–Crippen LogP) is 2.72. The van der Waals surface area contributed by atoms with Crippen LogP contribution in [0.5, 0.6) is 0 Å². The van der Waals surface area contributed by atoms with Crippen LogP contribution in [0.1, 0.15) is 46.1 Å². The topological polar surface area (TPSA) is 21.7 Å². The Kier molecular flexibility index (Phi) is 4.08. The van der Waals surface area contributed by atoms with E-state index in [1.807, 2.05) is 33.8 Å². The lowest BCUT2D eigenvalue weighted by Gasteiger charge is -2.32. The second-order valence-electron chi connectivity index (χ2n) is 7.42. The van der Waals surface area contributed by atoms with Gasteiger partial charge >= 0.3 is 7.12 Å². The minimum Gasteiger partial charge on any atom is -0.399 e. The average Bonchev–Trinajstić information content (AvgIpc) is 2.99. The summed E-state index contributed by atoms with van der Waals surface area (Å²) in [6, 6.07) is 5.20. The number of nitrogens with zero attached hydrogens (tertiary/aromatic N) is 1. The van der Waals surface area contributed by atoms with Gasteiger partial charge in [0.15, 0.2) is 0 Å². The van der Waals surface area contributed by atoms with Crippen LogP contribution in [0, 0.1) is 5.82 Å². The number of hydrogen-bond donors (Lipinski definition) is 0. The maximum absolute atomic E-state index is 14.1. The lowest BCUT2D eigenvalue weighted by molar-refractivity contribution is 0.00578. The van der Waals surface area contributed by atoms with Gasteiger partial charge in [-0.05, 0) is 65.2 Å². The van der Waals surface area contributed by atoms with Crippen molar-refractivity contribution in [1.82, 2.24) is 4.90 Å². The predicted molar refractivity (Wildman–Crippen MR) is 86.6 cm³/mol. The molecule has 22 heavy (non-hydrogen) atoms. The molecule has 0 unspecified atom stereocenters. The van der Waals surface area contributed by atoms with Crippen molar-refractivity contribution >= 4 is 12.6 Å². The third kappa shape index (κ3) is 2.94. The summed E-state index contributed by atoms with van der Waals surface area (Å²) >= 11 is 0. The van der Waals surface area contributed by atoms with Crippen LogP contribution in [0.3, 0.4) is 0 Å². The minimum atomic E-state index is -0.428. The van der Waals surface area contributed by atoms with Crippen molar-refractivity contribution in [2.75, 3.05) is 13.1 Å². The van der Waals surface area contributed by atoms with Crippen LogP contribution in [-0.4, -0.2) is 36.3 Å². The molecule has 3 nitrogen and oxygen atoms in total. The highest BCUT2D eigenvalue weighted by Gasteiger charge is 2.51. The summed E-state index contributed by atoms with van der Waals surface area (Å²) < 4.78 is 26.2. The Bertz CT molecular complexity index is 540. The quantitative estimate of drug-likeness (QED) is 0.802. The molecule has 2 heterocycles. The van der Waals surface area contributed by atoms with Crippen molar-refractivity contribution < 1.29 is 13.7 Å². The number of benzene rings is 1. The molecule has 0 amide bonds. The molecule has 5 heteroatoms. The summed E-state index contributed by atoms with van der Waals surface area (Å²) in [5, 5.41) is 0. The Morgan fingerprint density at radius 1 is 1.09 bits per heavy atom. The molecule has 2 fully saturated rings. The van der Waals surface area contributed by atoms with Gasteiger partial charge in [0.2, 0.25) is 0 Å². The van der Waals surface area contributed by atoms with Gasteiger partial charge < -0.3 is 9.31 Å². The molecule has 0 aliphatic carbocycles. The van der Waals surface area contributed by atoms with Crippen molar-refractivity contribution in [3.05, 3.63) is 29.6 Å². The number of halogens is 1. The van der Waals surface area contributed by atoms with Gasteiger partial charge in [0.05, 0.1) is 11.2 Å². The second kappa shape index (κ2) is 5.62. The van der Waals surface area contributed by atoms with Crippen LogP contribution in [0.15, 0.2) is 18.2 Å². The van der Waals surface area contributed by atoms with Crippen molar-refractivity contribution in [3.8, 4) is 0 Å². The first-order valence-corrected chi connectivity index (χ1v) is 8.15. The van der Waals surface area contributed by atoms with Crippen LogP contribution in [-0.2, 0) is 15.9 Å². The summed E-state index contributed by atoms with van der Waals surface area (Å²) in [7, 11) is -0.428. The molecular weight excluding hydrogens is 280 g/mol. The molecular formula is C17H25BFNO2. The number of likely N-dealkylation sites (tertiary alicyclic amines) is 1. The Morgan fingerprint density at radius 3 is 2.27 bits per heavy atom. The average molecular weight is 305 g/mol. The van der Waals surface area contributed by atoms with Crippen LogP contribution in [0.4, 0.5) is 4.39 Å². The van der Waals surface area contributed by atoms with E-state index in [0.29, 0.717) is 6.54 Å². The van der Waals surface area contributed by atoms with Crippen LogP contribution in [0.25, 0.3) is 0 Å². The van der Waals surface area contributed by atoms with E-state index in [9.17, 15) is 4.39 Å². The Morgan fingerprint density at radius 2 is 1.68 bits per heavy atom. The highest BCUT2D eigenvalue weighted by atomic mass is 19.1. The first kappa shape index (κ1) is 16.0. The van der Waals surface area contributed by atoms with Gasteiger partial charge in [-0.15, -0.1) is 0 Å². The van der Waals surface area contributed by atoms with Gasteiger partial charge in [-0.2, -0.15) is 0 Å². The van der Waals surface area contributed by atoms with Crippen molar-refractivity contribution in [2.45, 2.75) is 58.3 Å². The molecule has 0 spiro atoms. The van der Waals surface area contributed by atoms with Crippen molar-refractivity contribution in [3.63, 3.8) is 0 Å². The van der Waals surface area contributed by atoms with E-state index in [-0.39, 0.29) is 17.0 Å². The summed E-state index contributed by atoms with van der Waals surface area (Å²) in [5.41, 5.74) is 0.880. The van der Waals surface area contributed by atoms with Gasteiger partial charge in [-0.25, -0.2) is 4.39 Å². The molecule has 2 aliphatic heterocycles. The zero-order chi connectivity index (χ0) is 16.0.